The molecule has 0 atom stereocenters. The number of benzene rings is 2. The molecule has 0 aliphatic heterocycles. The number of carbonyl (C=O) groups excluding carboxylic acids is 1. The molecular weight excluding hydrogens is 384 g/mol. The summed E-state index contributed by atoms with van der Waals surface area (Å²) in [4.78, 5) is 26.7. The number of ether oxygens (including phenoxy) is 1. The molecule has 0 aliphatic rings. The number of para-hydroxylation sites is 1. The smallest absolute Gasteiger partial charge is 0.287 e. The van der Waals surface area contributed by atoms with Crippen molar-refractivity contribution < 1.29 is 19.1 Å². The van der Waals surface area contributed by atoms with Gasteiger partial charge in [-0.25, -0.2) is 0 Å². The Kier molecular flexibility index (Phi) is 7.08. The first-order valence-electron chi connectivity index (χ1n) is 9.84. The average molecular weight is 410 g/mol. The van der Waals surface area contributed by atoms with Gasteiger partial charge < -0.3 is 24.5 Å². The molecule has 0 spiro atoms. The van der Waals surface area contributed by atoms with Crippen LogP contribution in [0.3, 0.4) is 0 Å². The van der Waals surface area contributed by atoms with Crippen molar-refractivity contribution in [2.45, 2.75) is 19.4 Å². The summed E-state index contributed by atoms with van der Waals surface area (Å²) in [6.45, 7) is 2.13. The third-order valence-electron chi connectivity index (χ3n) is 4.84. The minimum Gasteiger partial charge on any atom is -0.507 e. The van der Waals surface area contributed by atoms with Gasteiger partial charge in [-0.1, -0.05) is 24.3 Å². The summed E-state index contributed by atoms with van der Waals surface area (Å²) in [5.41, 5.74) is 0.872. The molecule has 0 saturated carbocycles. The Balaban J connectivity index is 1.46. The number of rotatable bonds is 9. The van der Waals surface area contributed by atoms with Gasteiger partial charge in [-0.3, -0.25) is 9.59 Å². The summed E-state index contributed by atoms with van der Waals surface area (Å²) in [5.74, 6) is 0.207. The van der Waals surface area contributed by atoms with Gasteiger partial charge in [0, 0.05) is 24.7 Å². The van der Waals surface area contributed by atoms with Crippen molar-refractivity contribution in [1.29, 1.82) is 0 Å². The highest BCUT2D eigenvalue weighted by Gasteiger charge is 2.14. The van der Waals surface area contributed by atoms with E-state index in [4.69, 9.17) is 9.15 Å². The van der Waals surface area contributed by atoms with Crippen LogP contribution in [-0.2, 0) is 6.54 Å². The van der Waals surface area contributed by atoms with Crippen LogP contribution in [0.4, 0.5) is 0 Å². The minimum atomic E-state index is -0.447. The van der Waals surface area contributed by atoms with Crippen LogP contribution in [0.2, 0.25) is 0 Å². The molecule has 1 aromatic heterocycles. The van der Waals surface area contributed by atoms with Crippen LogP contribution in [0.5, 0.6) is 11.5 Å². The molecule has 7 heteroatoms. The van der Waals surface area contributed by atoms with Crippen LogP contribution in [0.1, 0.15) is 29.0 Å². The van der Waals surface area contributed by atoms with Gasteiger partial charge in [-0.05, 0) is 44.6 Å². The molecular formula is C23H26N2O5. The molecule has 0 aliphatic carbocycles. The molecule has 2 aromatic carbocycles. The number of hydrogen-bond acceptors (Lipinski definition) is 6. The number of aromatic hydroxyl groups is 1. The maximum atomic E-state index is 12.3. The van der Waals surface area contributed by atoms with Crippen LogP contribution >= 0.6 is 0 Å². The fourth-order valence-electron chi connectivity index (χ4n) is 3.30. The Morgan fingerprint density at radius 1 is 1.17 bits per heavy atom. The SMILES string of the molecule is COc1ccccc1CN(C)CCCCNC(=O)c1cc(=O)c2c(O)cccc2o1. The van der Waals surface area contributed by atoms with Gasteiger partial charge in [0.25, 0.3) is 5.91 Å². The maximum Gasteiger partial charge on any atom is 0.287 e. The van der Waals surface area contributed by atoms with E-state index in [9.17, 15) is 14.7 Å². The van der Waals surface area contributed by atoms with Crippen LogP contribution in [-0.4, -0.2) is 43.2 Å². The predicted molar refractivity (Wildman–Crippen MR) is 115 cm³/mol. The van der Waals surface area contributed by atoms with Gasteiger partial charge in [0.05, 0.1) is 7.11 Å². The fraction of sp³-hybridized carbons (Fsp3) is 0.304. The van der Waals surface area contributed by atoms with Crippen LogP contribution < -0.4 is 15.5 Å². The lowest BCUT2D eigenvalue weighted by atomic mass is 10.2. The summed E-state index contributed by atoms with van der Waals surface area (Å²) >= 11 is 0. The molecule has 1 amide bonds. The highest BCUT2D eigenvalue weighted by molar-refractivity contribution is 5.93. The van der Waals surface area contributed by atoms with Crippen molar-refractivity contribution in [3.8, 4) is 11.5 Å². The molecule has 2 N–H and O–H groups in total. The zero-order valence-corrected chi connectivity index (χ0v) is 17.2. The maximum absolute atomic E-state index is 12.3. The molecule has 0 bridgehead atoms. The second kappa shape index (κ2) is 9.93. The second-order valence-electron chi connectivity index (χ2n) is 7.14. The quantitative estimate of drug-likeness (QED) is 0.527. The number of phenolic OH excluding ortho intramolecular Hbond substituents is 1. The highest BCUT2D eigenvalue weighted by Crippen LogP contribution is 2.21. The van der Waals surface area contributed by atoms with Crippen LogP contribution in [0.25, 0.3) is 11.0 Å². The average Bonchev–Trinajstić information content (AvgIpc) is 2.73. The third-order valence-corrected chi connectivity index (χ3v) is 4.84. The summed E-state index contributed by atoms with van der Waals surface area (Å²) in [6.07, 6.45) is 1.70. The van der Waals surface area contributed by atoms with E-state index in [-0.39, 0.29) is 22.5 Å². The van der Waals surface area contributed by atoms with E-state index in [1.807, 2.05) is 31.3 Å². The predicted octanol–water partition coefficient (Wildman–Crippen LogP) is 3.15. The van der Waals surface area contributed by atoms with Crippen molar-refractivity contribution in [3.05, 3.63) is 70.1 Å². The topological polar surface area (TPSA) is 92.0 Å². The van der Waals surface area contributed by atoms with E-state index >= 15 is 0 Å². The number of nitrogens with one attached hydrogen (secondary N) is 1. The Hall–Kier alpha value is -3.32. The van der Waals surface area contributed by atoms with E-state index in [1.165, 1.54) is 6.07 Å². The Morgan fingerprint density at radius 2 is 1.97 bits per heavy atom. The number of methoxy groups -OCH3 is 1. The monoisotopic (exact) mass is 410 g/mol. The standard InChI is InChI=1S/C23H26N2O5/c1-25(15-16-8-3-4-10-19(16)29-2)13-6-5-12-24-23(28)21-14-18(27)22-17(26)9-7-11-20(22)30-21/h3-4,7-11,14,26H,5-6,12-13,15H2,1-2H3,(H,24,28). The molecule has 0 unspecified atom stereocenters. The van der Waals surface area contributed by atoms with Crippen LogP contribution in [0.15, 0.2) is 57.7 Å². The van der Waals surface area contributed by atoms with E-state index in [0.717, 1.165) is 43.3 Å². The zero-order chi connectivity index (χ0) is 21.5. The Bertz CT molecular complexity index is 1080. The van der Waals surface area contributed by atoms with Crippen molar-refractivity contribution in [3.63, 3.8) is 0 Å². The number of amides is 1. The first-order valence-corrected chi connectivity index (χ1v) is 9.84. The minimum absolute atomic E-state index is 0.0635. The van der Waals surface area contributed by atoms with E-state index in [1.54, 1.807) is 19.2 Å². The molecule has 0 saturated heterocycles. The Morgan fingerprint density at radius 3 is 2.77 bits per heavy atom. The van der Waals surface area contributed by atoms with E-state index < -0.39 is 11.3 Å². The first kappa shape index (κ1) is 21.4. The molecule has 0 fully saturated rings. The van der Waals surface area contributed by atoms with Crippen molar-refractivity contribution in [2.75, 3.05) is 27.2 Å². The van der Waals surface area contributed by atoms with Gasteiger partial charge in [-0.2, -0.15) is 0 Å². The number of phenols is 1. The molecule has 158 valence electrons. The summed E-state index contributed by atoms with van der Waals surface area (Å²) in [6, 6.07) is 13.6. The van der Waals surface area contributed by atoms with Crippen molar-refractivity contribution in [1.82, 2.24) is 10.2 Å². The van der Waals surface area contributed by atoms with Gasteiger partial charge in [0.15, 0.2) is 11.2 Å². The molecule has 0 radical (unpaired) electrons. The molecule has 7 nitrogen and oxygen atoms in total. The number of hydrogen-bond donors (Lipinski definition) is 2. The van der Waals surface area contributed by atoms with Crippen molar-refractivity contribution >= 4 is 16.9 Å². The van der Waals surface area contributed by atoms with E-state index in [0.29, 0.717) is 6.54 Å². The largest absolute Gasteiger partial charge is 0.507 e. The fourth-order valence-corrected chi connectivity index (χ4v) is 3.30. The van der Waals surface area contributed by atoms with Gasteiger partial charge in [0.1, 0.15) is 22.5 Å². The van der Waals surface area contributed by atoms with Gasteiger partial charge in [-0.15, -0.1) is 0 Å². The number of fused-ring (bicyclic) bond motifs is 1. The lowest BCUT2D eigenvalue weighted by Gasteiger charge is -2.18. The normalized spacial score (nSPS) is 11.0. The van der Waals surface area contributed by atoms with Crippen LogP contribution in [0, 0.1) is 0 Å². The van der Waals surface area contributed by atoms with Crippen molar-refractivity contribution in [2.24, 2.45) is 0 Å². The van der Waals surface area contributed by atoms with E-state index in [2.05, 4.69) is 10.2 Å². The second-order valence-corrected chi connectivity index (χ2v) is 7.14. The van der Waals surface area contributed by atoms with Gasteiger partial charge >= 0.3 is 0 Å². The van der Waals surface area contributed by atoms with Gasteiger partial charge in [0.2, 0.25) is 0 Å². The lowest BCUT2D eigenvalue weighted by molar-refractivity contribution is 0.0925. The molecule has 3 aromatic rings. The zero-order valence-electron chi connectivity index (χ0n) is 17.2. The first-order chi connectivity index (χ1) is 14.5. The summed E-state index contributed by atoms with van der Waals surface area (Å²) in [5, 5.41) is 12.6. The number of nitrogens with zero attached hydrogens (tertiary/aromatic N) is 1. The molecule has 3 rings (SSSR count). The molecule has 1 heterocycles. The highest BCUT2D eigenvalue weighted by atomic mass is 16.5. The number of carbonyl (C=O) groups is 1. The molecule has 30 heavy (non-hydrogen) atoms. The lowest BCUT2D eigenvalue weighted by Crippen LogP contribution is -2.26. The summed E-state index contributed by atoms with van der Waals surface area (Å²) < 4.78 is 10.9. The number of unbranched alkanes of at least 4 members (excludes halogenated alkanes) is 1. The summed E-state index contributed by atoms with van der Waals surface area (Å²) in [7, 11) is 3.71. The Labute approximate surface area is 174 Å². The third kappa shape index (κ3) is 5.18.